The molecular weight excluding hydrogens is 493 g/mol. The van der Waals surface area contributed by atoms with E-state index in [1.165, 1.54) is 5.56 Å². The van der Waals surface area contributed by atoms with Gasteiger partial charge in [-0.25, -0.2) is 9.59 Å². The molecule has 2 aliphatic heterocycles. The third-order valence-corrected chi connectivity index (χ3v) is 6.53. The average Bonchev–Trinajstić information content (AvgIpc) is 3.24. The van der Waals surface area contributed by atoms with Crippen molar-refractivity contribution in [2.75, 3.05) is 36.9 Å². The number of halogens is 3. The number of benzene rings is 1. The highest BCUT2D eigenvalue weighted by atomic mass is 19.4. The fourth-order valence-corrected chi connectivity index (χ4v) is 4.46. The minimum atomic E-state index is -5.08. The number of hydrogen-bond acceptors (Lipinski definition) is 5. The lowest BCUT2D eigenvalue weighted by Crippen LogP contribution is -2.42. The molecule has 9 nitrogen and oxygen atoms in total. The summed E-state index contributed by atoms with van der Waals surface area (Å²) in [6.45, 7) is 4.28. The lowest BCUT2D eigenvalue weighted by molar-refractivity contribution is -0.192. The van der Waals surface area contributed by atoms with E-state index in [1.54, 1.807) is 23.4 Å². The van der Waals surface area contributed by atoms with Crippen molar-refractivity contribution in [1.29, 1.82) is 0 Å². The van der Waals surface area contributed by atoms with Crippen LogP contribution in [0.3, 0.4) is 0 Å². The normalized spacial score (nSPS) is 18.5. The van der Waals surface area contributed by atoms with Crippen molar-refractivity contribution in [2.24, 2.45) is 11.3 Å². The molecule has 0 saturated carbocycles. The predicted octanol–water partition coefficient (Wildman–Crippen LogP) is 4.18. The molecule has 12 heteroatoms. The van der Waals surface area contributed by atoms with Crippen molar-refractivity contribution in [1.82, 2.24) is 9.88 Å². The highest BCUT2D eigenvalue weighted by Gasteiger charge is 2.51. The van der Waals surface area contributed by atoms with Gasteiger partial charge >= 0.3 is 18.2 Å². The minimum absolute atomic E-state index is 0.0625. The maximum absolute atomic E-state index is 13.1. The number of likely N-dealkylation sites (tertiary alicyclic amines) is 1. The number of aryl methyl sites for hydroxylation is 1. The molecule has 0 radical (unpaired) electrons. The van der Waals surface area contributed by atoms with Gasteiger partial charge in [-0.3, -0.25) is 9.78 Å². The standard InChI is InChI=1S/C23H28N4O3.C2HF3O2/c1-2-17-5-7-18(8-6-17)26-22(29)27-15-20(23(16-27)9-12-30-13-10-23)21(28)25-19-4-3-11-24-14-19;3-2(4,5)1(6)7/h3-8,11,14,20H,2,9-10,12-13,15-16H2,1H3,(H,25,28)(H,26,29);(H,6,7). The van der Waals surface area contributed by atoms with E-state index in [2.05, 4.69) is 22.5 Å². The number of nitrogens with one attached hydrogen (secondary N) is 2. The van der Waals surface area contributed by atoms with Crippen LogP contribution in [0.4, 0.5) is 29.3 Å². The van der Waals surface area contributed by atoms with E-state index >= 15 is 0 Å². The third kappa shape index (κ3) is 7.42. The van der Waals surface area contributed by atoms with Crippen LogP contribution in [0.5, 0.6) is 0 Å². The van der Waals surface area contributed by atoms with Crippen molar-refractivity contribution < 1.29 is 37.4 Å². The van der Waals surface area contributed by atoms with Crippen LogP contribution in [0.25, 0.3) is 0 Å². The molecule has 2 aromatic rings. The zero-order chi connectivity index (χ0) is 27.1. The Balaban J connectivity index is 0.000000479. The van der Waals surface area contributed by atoms with E-state index in [0.29, 0.717) is 32.0 Å². The number of amides is 3. The van der Waals surface area contributed by atoms with E-state index in [0.717, 1.165) is 24.9 Å². The SMILES string of the molecule is CCc1ccc(NC(=O)N2CC(C(=O)Nc3cccnc3)C3(CCOCC3)C2)cc1.O=C(O)C(F)(F)F. The Morgan fingerprint density at radius 3 is 2.30 bits per heavy atom. The number of alkyl halides is 3. The first-order chi connectivity index (χ1) is 17.5. The summed E-state index contributed by atoms with van der Waals surface area (Å²) in [6, 6.07) is 11.3. The lowest BCUT2D eigenvalue weighted by atomic mass is 9.71. The van der Waals surface area contributed by atoms with Gasteiger partial charge in [-0.2, -0.15) is 13.2 Å². The number of pyridine rings is 1. The van der Waals surface area contributed by atoms with Gasteiger partial charge in [0, 0.05) is 43.6 Å². The highest BCUT2D eigenvalue weighted by Crippen LogP contribution is 2.45. The number of urea groups is 1. The zero-order valence-electron chi connectivity index (χ0n) is 20.3. The molecule has 3 heterocycles. The van der Waals surface area contributed by atoms with E-state index < -0.39 is 12.1 Å². The highest BCUT2D eigenvalue weighted by molar-refractivity contribution is 5.95. The van der Waals surface area contributed by atoms with Crippen LogP contribution in [0, 0.1) is 11.3 Å². The summed E-state index contributed by atoms with van der Waals surface area (Å²) in [6.07, 6.45) is 0.719. The molecule has 1 aromatic carbocycles. The van der Waals surface area contributed by atoms with Crippen LogP contribution < -0.4 is 10.6 Å². The summed E-state index contributed by atoms with van der Waals surface area (Å²) < 4.78 is 37.3. The largest absolute Gasteiger partial charge is 0.490 e. The molecule has 2 saturated heterocycles. The number of carboxylic acids is 1. The van der Waals surface area contributed by atoms with Crippen LogP contribution in [-0.4, -0.2) is 65.4 Å². The van der Waals surface area contributed by atoms with Gasteiger partial charge in [0.25, 0.3) is 0 Å². The van der Waals surface area contributed by atoms with Crippen LogP contribution in [-0.2, 0) is 20.7 Å². The van der Waals surface area contributed by atoms with Gasteiger partial charge in [-0.05, 0) is 49.1 Å². The van der Waals surface area contributed by atoms with Crippen molar-refractivity contribution in [3.8, 4) is 0 Å². The molecule has 3 N–H and O–H groups in total. The third-order valence-electron chi connectivity index (χ3n) is 6.53. The summed E-state index contributed by atoms with van der Waals surface area (Å²) in [5.74, 6) is -3.10. The first-order valence-electron chi connectivity index (χ1n) is 11.8. The van der Waals surface area contributed by atoms with Gasteiger partial charge in [-0.15, -0.1) is 0 Å². The van der Waals surface area contributed by atoms with Crippen LogP contribution in [0.1, 0.15) is 25.3 Å². The molecule has 4 rings (SSSR count). The average molecular weight is 523 g/mol. The molecular formula is C25H29F3N4O5. The van der Waals surface area contributed by atoms with E-state index in [4.69, 9.17) is 14.6 Å². The number of aliphatic carboxylic acids is 1. The van der Waals surface area contributed by atoms with Gasteiger partial charge in [0.05, 0.1) is 17.8 Å². The Bertz CT molecular complexity index is 1070. The first-order valence-corrected chi connectivity index (χ1v) is 11.8. The second-order valence-electron chi connectivity index (χ2n) is 8.92. The molecule has 0 bridgehead atoms. The Morgan fingerprint density at radius 1 is 1.11 bits per heavy atom. The molecule has 1 atom stereocenters. The molecule has 2 aliphatic rings. The van der Waals surface area contributed by atoms with Gasteiger partial charge < -0.3 is 25.4 Å². The van der Waals surface area contributed by atoms with Crippen molar-refractivity contribution in [3.63, 3.8) is 0 Å². The fraction of sp³-hybridized carbons (Fsp3) is 0.440. The van der Waals surface area contributed by atoms with Crippen LogP contribution in [0.15, 0.2) is 48.8 Å². The Labute approximate surface area is 212 Å². The van der Waals surface area contributed by atoms with Gasteiger partial charge in [-0.1, -0.05) is 19.1 Å². The van der Waals surface area contributed by atoms with E-state index in [-0.39, 0.29) is 23.3 Å². The Morgan fingerprint density at radius 2 is 1.76 bits per heavy atom. The fourth-order valence-electron chi connectivity index (χ4n) is 4.46. The summed E-state index contributed by atoms with van der Waals surface area (Å²) in [5.41, 5.74) is 2.40. The van der Waals surface area contributed by atoms with Gasteiger partial charge in [0.2, 0.25) is 5.91 Å². The summed E-state index contributed by atoms with van der Waals surface area (Å²) in [5, 5.41) is 13.1. The number of rotatable bonds is 4. The quantitative estimate of drug-likeness (QED) is 0.554. The molecule has 0 aliphatic carbocycles. The molecule has 1 aromatic heterocycles. The van der Waals surface area contributed by atoms with E-state index in [1.807, 2.05) is 30.3 Å². The number of anilines is 2. The predicted molar refractivity (Wildman–Crippen MR) is 129 cm³/mol. The zero-order valence-corrected chi connectivity index (χ0v) is 20.3. The number of carbonyl (C=O) groups excluding carboxylic acids is 2. The second kappa shape index (κ2) is 12.0. The maximum Gasteiger partial charge on any atom is 0.490 e. The van der Waals surface area contributed by atoms with Crippen LogP contribution in [0.2, 0.25) is 0 Å². The van der Waals surface area contributed by atoms with Crippen molar-refractivity contribution in [3.05, 3.63) is 54.4 Å². The summed E-state index contributed by atoms with van der Waals surface area (Å²) >= 11 is 0. The summed E-state index contributed by atoms with van der Waals surface area (Å²) in [4.78, 5) is 40.8. The monoisotopic (exact) mass is 522 g/mol. The minimum Gasteiger partial charge on any atom is -0.475 e. The number of hydrogen-bond donors (Lipinski definition) is 3. The number of carboxylic acid groups (broad SMARTS) is 1. The first kappa shape index (κ1) is 27.9. The molecule has 3 amide bonds. The number of carbonyl (C=O) groups is 3. The van der Waals surface area contributed by atoms with Crippen LogP contribution >= 0.6 is 0 Å². The Hall–Kier alpha value is -3.67. The Kier molecular flexibility index (Phi) is 9.09. The van der Waals surface area contributed by atoms with Crippen molar-refractivity contribution in [2.45, 2.75) is 32.4 Å². The van der Waals surface area contributed by atoms with Gasteiger partial charge in [0.1, 0.15) is 0 Å². The van der Waals surface area contributed by atoms with Gasteiger partial charge in [0.15, 0.2) is 0 Å². The number of nitrogens with zero attached hydrogens (tertiary/aromatic N) is 2. The van der Waals surface area contributed by atoms with Crippen molar-refractivity contribution >= 4 is 29.3 Å². The molecule has 1 unspecified atom stereocenters. The molecule has 2 fully saturated rings. The maximum atomic E-state index is 13.1. The second-order valence-corrected chi connectivity index (χ2v) is 8.92. The van der Waals surface area contributed by atoms with E-state index in [9.17, 15) is 22.8 Å². The smallest absolute Gasteiger partial charge is 0.475 e. The topological polar surface area (TPSA) is 121 Å². The molecule has 200 valence electrons. The number of ether oxygens (including phenoxy) is 1. The molecule has 37 heavy (non-hydrogen) atoms. The molecule has 1 spiro atoms. The summed E-state index contributed by atoms with van der Waals surface area (Å²) in [7, 11) is 0. The lowest BCUT2D eigenvalue weighted by Gasteiger charge is -2.37. The number of aromatic nitrogens is 1.